The smallest absolute Gasteiger partial charge is 0.158 e. The summed E-state index contributed by atoms with van der Waals surface area (Å²) in [5, 5.41) is 4.73. The number of thiophene rings is 1. The van der Waals surface area contributed by atoms with Gasteiger partial charge in [-0.05, 0) is 37.7 Å². The Morgan fingerprint density at radius 2 is 2.10 bits per heavy atom. The molecule has 2 heterocycles. The average molecular weight is 291 g/mol. The monoisotopic (exact) mass is 291 g/mol. The van der Waals surface area contributed by atoms with Crippen LogP contribution in [0.3, 0.4) is 0 Å². The number of aryl methyl sites for hydroxylation is 2. The molecule has 108 valence electrons. The molecule has 5 heteroatoms. The van der Waals surface area contributed by atoms with Crippen molar-refractivity contribution in [3.63, 3.8) is 0 Å². The Kier molecular flexibility index (Phi) is 4.17. The van der Waals surface area contributed by atoms with Gasteiger partial charge in [-0.1, -0.05) is 6.92 Å². The number of nitrogens with one attached hydrogen (secondary N) is 1. The van der Waals surface area contributed by atoms with Crippen molar-refractivity contribution in [1.29, 1.82) is 0 Å². The van der Waals surface area contributed by atoms with E-state index in [4.69, 9.17) is 4.74 Å². The Labute approximate surface area is 123 Å². The highest BCUT2D eigenvalue weighted by molar-refractivity contribution is 7.19. The highest BCUT2D eigenvalue weighted by Gasteiger charge is 2.20. The lowest BCUT2D eigenvalue weighted by molar-refractivity contribution is 0.178. The molecule has 0 saturated carbocycles. The summed E-state index contributed by atoms with van der Waals surface area (Å²) in [5.41, 5.74) is 1.49. The van der Waals surface area contributed by atoms with E-state index in [0.29, 0.717) is 6.61 Å². The summed E-state index contributed by atoms with van der Waals surface area (Å²) in [6.45, 7) is 3.59. The number of fused-ring (bicyclic) bond motifs is 3. The van der Waals surface area contributed by atoms with Crippen molar-refractivity contribution >= 4 is 27.4 Å². The maximum absolute atomic E-state index is 5.19. The van der Waals surface area contributed by atoms with Crippen LogP contribution in [0.1, 0.15) is 42.5 Å². The van der Waals surface area contributed by atoms with Crippen molar-refractivity contribution in [2.24, 2.45) is 0 Å². The van der Waals surface area contributed by atoms with Crippen molar-refractivity contribution in [2.45, 2.75) is 45.6 Å². The maximum Gasteiger partial charge on any atom is 0.158 e. The van der Waals surface area contributed by atoms with E-state index in [-0.39, 0.29) is 0 Å². The molecule has 4 nitrogen and oxygen atoms in total. The van der Waals surface area contributed by atoms with Crippen molar-refractivity contribution in [3.8, 4) is 0 Å². The molecule has 0 saturated heterocycles. The van der Waals surface area contributed by atoms with Gasteiger partial charge in [-0.2, -0.15) is 0 Å². The predicted octanol–water partition coefficient (Wildman–Crippen LogP) is 3.54. The van der Waals surface area contributed by atoms with Gasteiger partial charge in [0.1, 0.15) is 17.3 Å². The first-order valence-electron chi connectivity index (χ1n) is 7.37. The lowest BCUT2D eigenvalue weighted by Gasteiger charge is -2.13. The van der Waals surface area contributed by atoms with Gasteiger partial charge in [-0.25, -0.2) is 9.97 Å². The number of hydrogen-bond acceptors (Lipinski definition) is 5. The van der Waals surface area contributed by atoms with Crippen molar-refractivity contribution in [3.05, 3.63) is 16.3 Å². The molecule has 1 N–H and O–H groups in total. The Balaban J connectivity index is 2.11. The molecule has 3 rings (SSSR count). The molecule has 0 radical (unpaired) electrons. The van der Waals surface area contributed by atoms with Gasteiger partial charge in [-0.15, -0.1) is 11.3 Å². The van der Waals surface area contributed by atoms with Crippen LogP contribution in [0.5, 0.6) is 0 Å². The summed E-state index contributed by atoms with van der Waals surface area (Å²) in [7, 11) is 1.69. The second-order valence-corrected chi connectivity index (χ2v) is 6.32. The predicted molar refractivity (Wildman–Crippen MR) is 83.6 cm³/mol. The topological polar surface area (TPSA) is 47.0 Å². The minimum absolute atomic E-state index is 0.472. The van der Waals surface area contributed by atoms with Crippen molar-refractivity contribution < 1.29 is 4.74 Å². The molecular formula is C15H21N3OS. The van der Waals surface area contributed by atoms with Crippen molar-refractivity contribution in [1.82, 2.24) is 9.97 Å². The number of hydrogen-bond donors (Lipinski definition) is 1. The molecule has 2 aromatic rings. The van der Waals surface area contributed by atoms with E-state index in [1.54, 1.807) is 7.11 Å². The zero-order valence-electron chi connectivity index (χ0n) is 12.2. The molecule has 1 aliphatic rings. The van der Waals surface area contributed by atoms with Gasteiger partial charge in [0, 0.05) is 18.5 Å². The summed E-state index contributed by atoms with van der Waals surface area (Å²) in [5.74, 6) is 1.78. The summed E-state index contributed by atoms with van der Waals surface area (Å²) >= 11 is 1.84. The lowest BCUT2D eigenvalue weighted by atomic mass is 9.97. The second kappa shape index (κ2) is 6.06. The third kappa shape index (κ3) is 2.52. The quantitative estimate of drug-likeness (QED) is 0.915. The number of rotatable bonds is 5. The Bertz CT molecular complexity index is 609. The van der Waals surface area contributed by atoms with E-state index >= 15 is 0 Å². The SMILES string of the molecule is CCCNc1nc(COC)nc2sc3c(c12)CCCC3. The van der Waals surface area contributed by atoms with Crippen molar-refractivity contribution in [2.75, 3.05) is 19.0 Å². The third-order valence-corrected chi connectivity index (χ3v) is 4.86. The largest absolute Gasteiger partial charge is 0.377 e. The van der Waals surface area contributed by atoms with Gasteiger partial charge in [-0.3, -0.25) is 0 Å². The van der Waals surface area contributed by atoms with Gasteiger partial charge >= 0.3 is 0 Å². The summed E-state index contributed by atoms with van der Waals surface area (Å²) in [4.78, 5) is 12.0. The molecule has 0 unspecified atom stereocenters. The fourth-order valence-corrected chi connectivity index (χ4v) is 4.05. The van der Waals surface area contributed by atoms with Gasteiger partial charge in [0.25, 0.3) is 0 Å². The number of anilines is 1. The van der Waals surface area contributed by atoms with Crippen LogP contribution < -0.4 is 5.32 Å². The molecule has 0 bridgehead atoms. The Hall–Kier alpha value is -1.20. The summed E-state index contributed by atoms with van der Waals surface area (Å²) in [6, 6.07) is 0. The number of methoxy groups -OCH3 is 1. The van der Waals surface area contributed by atoms with Gasteiger partial charge in [0.15, 0.2) is 5.82 Å². The van der Waals surface area contributed by atoms with E-state index in [2.05, 4.69) is 22.2 Å². The van der Waals surface area contributed by atoms with E-state index < -0.39 is 0 Å². The average Bonchev–Trinajstić information content (AvgIpc) is 2.83. The summed E-state index contributed by atoms with van der Waals surface area (Å²) < 4.78 is 5.19. The van der Waals surface area contributed by atoms with Crippen LogP contribution >= 0.6 is 11.3 Å². The molecule has 0 amide bonds. The van der Waals surface area contributed by atoms with Crippen LogP contribution in [0, 0.1) is 0 Å². The number of ether oxygens (including phenoxy) is 1. The van der Waals surface area contributed by atoms with Crippen LogP contribution in [0.15, 0.2) is 0 Å². The van der Waals surface area contributed by atoms with Crippen LogP contribution in [-0.2, 0) is 24.2 Å². The Morgan fingerprint density at radius 3 is 2.90 bits per heavy atom. The van der Waals surface area contributed by atoms with E-state index in [1.165, 1.54) is 41.5 Å². The second-order valence-electron chi connectivity index (χ2n) is 5.24. The van der Waals surface area contributed by atoms with Gasteiger partial charge in [0.05, 0.1) is 5.39 Å². The fourth-order valence-electron chi connectivity index (χ4n) is 2.77. The molecule has 0 fully saturated rings. The first-order valence-corrected chi connectivity index (χ1v) is 8.19. The van der Waals surface area contributed by atoms with E-state index in [1.807, 2.05) is 11.3 Å². The number of nitrogens with zero attached hydrogens (tertiary/aromatic N) is 2. The van der Waals surface area contributed by atoms with Gasteiger partial charge in [0.2, 0.25) is 0 Å². The molecule has 0 aromatic carbocycles. The van der Waals surface area contributed by atoms with Crippen LogP contribution in [-0.4, -0.2) is 23.6 Å². The minimum Gasteiger partial charge on any atom is -0.377 e. The zero-order valence-corrected chi connectivity index (χ0v) is 13.0. The molecule has 0 atom stereocenters. The van der Waals surface area contributed by atoms with Crippen LogP contribution in [0.2, 0.25) is 0 Å². The molecule has 1 aliphatic carbocycles. The highest BCUT2D eigenvalue weighted by atomic mass is 32.1. The standard InChI is InChI=1S/C15H21N3OS/c1-3-8-16-14-13-10-6-4-5-7-11(10)20-15(13)18-12(17-14)9-19-2/h3-9H2,1-2H3,(H,16,17,18). The molecule has 20 heavy (non-hydrogen) atoms. The molecule has 0 aliphatic heterocycles. The molecular weight excluding hydrogens is 270 g/mol. The van der Waals surface area contributed by atoms with Gasteiger partial charge < -0.3 is 10.1 Å². The lowest BCUT2D eigenvalue weighted by Crippen LogP contribution is -2.07. The normalized spacial score (nSPS) is 14.5. The van der Waals surface area contributed by atoms with E-state index in [9.17, 15) is 0 Å². The maximum atomic E-state index is 5.19. The first kappa shape index (κ1) is 13.8. The zero-order chi connectivity index (χ0) is 13.9. The minimum atomic E-state index is 0.472. The number of aromatic nitrogens is 2. The van der Waals surface area contributed by atoms with Crippen LogP contribution in [0.25, 0.3) is 10.2 Å². The first-order chi connectivity index (χ1) is 9.83. The van der Waals surface area contributed by atoms with E-state index in [0.717, 1.165) is 29.4 Å². The molecule has 2 aromatic heterocycles. The Morgan fingerprint density at radius 1 is 1.25 bits per heavy atom. The third-order valence-electron chi connectivity index (χ3n) is 3.68. The highest BCUT2D eigenvalue weighted by Crippen LogP contribution is 2.38. The fraction of sp³-hybridized carbons (Fsp3) is 0.600. The molecule has 0 spiro atoms. The summed E-state index contributed by atoms with van der Waals surface area (Å²) in [6.07, 6.45) is 6.05. The van der Waals surface area contributed by atoms with Crippen LogP contribution in [0.4, 0.5) is 5.82 Å².